The summed E-state index contributed by atoms with van der Waals surface area (Å²) < 4.78 is 1.82. The predicted molar refractivity (Wildman–Crippen MR) is 106 cm³/mol. The van der Waals surface area contributed by atoms with Crippen molar-refractivity contribution >= 4 is 40.9 Å². The summed E-state index contributed by atoms with van der Waals surface area (Å²) in [6.07, 6.45) is 0. The van der Waals surface area contributed by atoms with Crippen LogP contribution in [-0.2, 0) is 11.8 Å². The van der Waals surface area contributed by atoms with Crippen molar-refractivity contribution in [2.75, 3.05) is 11.1 Å². The molecule has 1 heterocycles. The molecule has 3 rings (SSSR count). The van der Waals surface area contributed by atoms with E-state index in [1.165, 1.54) is 11.8 Å². The molecule has 0 radical (unpaired) electrons. The molecular weight excluding hydrogens is 386 g/mol. The van der Waals surface area contributed by atoms with Crippen LogP contribution in [0.25, 0.3) is 11.4 Å². The van der Waals surface area contributed by atoms with Gasteiger partial charge in [-0.05, 0) is 48.5 Å². The molecule has 0 spiro atoms. The van der Waals surface area contributed by atoms with Crippen molar-refractivity contribution in [1.29, 1.82) is 0 Å². The molecule has 3 N–H and O–H groups in total. The van der Waals surface area contributed by atoms with Crippen LogP contribution in [0.5, 0.6) is 0 Å². The van der Waals surface area contributed by atoms with E-state index in [9.17, 15) is 9.59 Å². The van der Waals surface area contributed by atoms with Crippen LogP contribution < -0.4 is 11.1 Å². The molecule has 0 unspecified atom stereocenters. The van der Waals surface area contributed by atoms with Gasteiger partial charge in [-0.25, -0.2) is 0 Å². The number of benzene rings is 2. The van der Waals surface area contributed by atoms with Gasteiger partial charge in [0.05, 0.1) is 5.75 Å². The number of thioether (sulfide) groups is 1. The molecule has 0 fully saturated rings. The van der Waals surface area contributed by atoms with Crippen LogP contribution in [0, 0.1) is 0 Å². The normalized spacial score (nSPS) is 10.6. The first-order valence-corrected chi connectivity index (χ1v) is 9.28. The number of nitrogens with two attached hydrogens (primary N) is 1. The Kier molecular flexibility index (Phi) is 5.78. The highest BCUT2D eigenvalue weighted by Crippen LogP contribution is 2.24. The van der Waals surface area contributed by atoms with E-state index in [1.54, 1.807) is 36.4 Å². The number of nitrogens with zero attached hydrogens (tertiary/aromatic N) is 3. The summed E-state index contributed by atoms with van der Waals surface area (Å²) in [5.41, 5.74) is 7.05. The number of primary amides is 1. The van der Waals surface area contributed by atoms with Gasteiger partial charge in [0.25, 0.3) is 0 Å². The molecule has 1 aromatic heterocycles. The van der Waals surface area contributed by atoms with Crippen LogP contribution in [-0.4, -0.2) is 32.3 Å². The summed E-state index contributed by atoms with van der Waals surface area (Å²) in [5.74, 6) is 0.158. The lowest BCUT2D eigenvalue weighted by Crippen LogP contribution is -2.15. The van der Waals surface area contributed by atoms with Crippen molar-refractivity contribution < 1.29 is 9.59 Å². The van der Waals surface area contributed by atoms with E-state index < -0.39 is 5.91 Å². The minimum Gasteiger partial charge on any atom is -0.366 e. The van der Waals surface area contributed by atoms with Gasteiger partial charge in [0, 0.05) is 28.9 Å². The molecular formula is C18H16ClN5O2S. The molecule has 9 heteroatoms. The van der Waals surface area contributed by atoms with Crippen molar-refractivity contribution in [3.63, 3.8) is 0 Å². The van der Waals surface area contributed by atoms with Gasteiger partial charge in [0.15, 0.2) is 11.0 Å². The maximum atomic E-state index is 12.1. The zero-order chi connectivity index (χ0) is 19.4. The smallest absolute Gasteiger partial charge is 0.248 e. The SMILES string of the molecule is Cn1c(SCC(=O)Nc2ccc(C(N)=O)cc2)nnc1-c1ccc(Cl)cc1. The van der Waals surface area contributed by atoms with E-state index in [1.807, 2.05) is 23.7 Å². The first-order valence-electron chi connectivity index (χ1n) is 7.92. The average molecular weight is 402 g/mol. The molecule has 0 saturated carbocycles. The highest BCUT2D eigenvalue weighted by molar-refractivity contribution is 7.99. The Balaban J connectivity index is 1.60. The van der Waals surface area contributed by atoms with Gasteiger partial charge in [-0.2, -0.15) is 0 Å². The number of anilines is 1. The van der Waals surface area contributed by atoms with Crippen LogP contribution in [0.15, 0.2) is 53.7 Å². The number of carbonyl (C=O) groups excluding carboxylic acids is 2. The Morgan fingerprint density at radius 2 is 1.78 bits per heavy atom. The van der Waals surface area contributed by atoms with Crippen molar-refractivity contribution in [1.82, 2.24) is 14.8 Å². The van der Waals surface area contributed by atoms with Crippen LogP contribution in [0.4, 0.5) is 5.69 Å². The van der Waals surface area contributed by atoms with Crippen molar-refractivity contribution in [3.8, 4) is 11.4 Å². The van der Waals surface area contributed by atoms with E-state index in [2.05, 4.69) is 15.5 Å². The van der Waals surface area contributed by atoms with E-state index in [0.717, 1.165) is 5.56 Å². The number of rotatable bonds is 6. The summed E-state index contributed by atoms with van der Waals surface area (Å²) in [7, 11) is 1.84. The van der Waals surface area contributed by atoms with Gasteiger partial charge < -0.3 is 15.6 Å². The van der Waals surface area contributed by atoms with Gasteiger partial charge in [0.2, 0.25) is 11.8 Å². The van der Waals surface area contributed by atoms with Gasteiger partial charge >= 0.3 is 0 Å². The van der Waals surface area contributed by atoms with Crippen LogP contribution >= 0.6 is 23.4 Å². The lowest BCUT2D eigenvalue weighted by molar-refractivity contribution is -0.113. The first kappa shape index (κ1) is 18.9. The molecule has 3 aromatic rings. The van der Waals surface area contributed by atoms with Gasteiger partial charge in [-0.1, -0.05) is 23.4 Å². The molecule has 0 atom stereocenters. The second-order valence-corrected chi connectivity index (χ2v) is 7.03. The fraction of sp³-hybridized carbons (Fsp3) is 0.111. The monoisotopic (exact) mass is 401 g/mol. The lowest BCUT2D eigenvalue weighted by Gasteiger charge is -2.06. The molecule has 138 valence electrons. The van der Waals surface area contributed by atoms with E-state index >= 15 is 0 Å². The molecule has 2 amide bonds. The first-order chi connectivity index (χ1) is 12.9. The third-order valence-corrected chi connectivity index (χ3v) is 5.00. The summed E-state index contributed by atoms with van der Waals surface area (Å²) in [6, 6.07) is 13.7. The third-order valence-electron chi connectivity index (χ3n) is 3.72. The number of amides is 2. The summed E-state index contributed by atoms with van der Waals surface area (Å²) >= 11 is 7.18. The van der Waals surface area contributed by atoms with Gasteiger partial charge in [0.1, 0.15) is 0 Å². The van der Waals surface area contributed by atoms with Crippen molar-refractivity contribution in [3.05, 3.63) is 59.1 Å². The third kappa shape index (κ3) is 4.66. The zero-order valence-corrected chi connectivity index (χ0v) is 15.9. The van der Waals surface area contributed by atoms with E-state index in [-0.39, 0.29) is 11.7 Å². The van der Waals surface area contributed by atoms with Gasteiger partial charge in [-0.3, -0.25) is 9.59 Å². The average Bonchev–Trinajstić information content (AvgIpc) is 3.02. The fourth-order valence-electron chi connectivity index (χ4n) is 2.34. The minimum absolute atomic E-state index is 0.171. The largest absolute Gasteiger partial charge is 0.366 e. The molecule has 7 nitrogen and oxygen atoms in total. The highest BCUT2D eigenvalue weighted by Gasteiger charge is 2.13. The van der Waals surface area contributed by atoms with E-state index in [0.29, 0.717) is 27.3 Å². The number of nitrogens with one attached hydrogen (secondary N) is 1. The number of aromatic nitrogens is 3. The standard InChI is InChI=1S/C18H16ClN5O2S/c1-24-17(12-2-6-13(19)7-3-12)22-23-18(24)27-10-15(25)21-14-8-4-11(5-9-14)16(20)26/h2-9H,10H2,1H3,(H2,20,26)(H,21,25). The lowest BCUT2D eigenvalue weighted by atomic mass is 10.2. The van der Waals surface area contributed by atoms with Crippen LogP contribution in [0.2, 0.25) is 5.02 Å². The molecule has 27 heavy (non-hydrogen) atoms. The minimum atomic E-state index is -0.512. The zero-order valence-electron chi connectivity index (χ0n) is 14.3. The Morgan fingerprint density at radius 1 is 1.11 bits per heavy atom. The second kappa shape index (κ2) is 8.24. The second-order valence-electron chi connectivity index (χ2n) is 5.65. The quantitative estimate of drug-likeness (QED) is 0.618. The number of hydrogen-bond acceptors (Lipinski definition) is 5. The predicted octanol–water partition coefficient (Wildman–Crippen LogP) is 2.97. The van der Waals surface area contributed by atoms with Crippen molar-refractivity contribution in [2.45, 2.75) is 5.16 Å². The molecule has 2 aromatic carbocycles. The van der Waals surface area contributed by atoms with E-state index in [4.69, 9.17) is 17.3 Å². The number of carbonyl (C=O) groups is 2. The Morgan fingerprint density at radius 3 is 2.41 bits per heavy atom. The summed E-state index contributed by atoms with van der Waals surface area (Å²) in [6.45, 7) is 0. The summed E-state index contributed by atoms with van der Waals surface area (Å²) in [5, 5.41) is 12.3. The maximum absolute atomic E-state index is 12.1. The molecule has 0 aliphatic carbocycles. The molecule has 0 saturated heterocycles. The Bertz CT molecular complexity index is 970. The fourth-order valence-corrected chi connectivity index (χ4v) is 3.17. The molecule has 0 bridgehead atoms. The maximum Gasteiger partial charge on any atom is 0.248 e. The van der Waals surface area contributed by atoms with Crippen LogP contribution in [0.3, 0.4) is 0 Å². The number of hydrogen-bond donors (Lipinski definition) is 2. The van der Waals surface area contributed by atoms with Crippen molar-refractivity contribution in [2.24, 2.45) is 12.8 Å². The Labute approximate surface area is 164 Å². The Hall–Kier alpha value is -2.84. The molecule has 0 aliphatic heterocycles. The van der Waals surface area contributed by atoms with Gasteiger partial charge in [-0.15, -0.1) is 10.2 Å². The van der Waals surface area contributed by atoms with Crippen LogP contribution in [0.1, 0.15) is 10.4 Å². The summed E-state index contributed by atoms with van der Waals surface area (Å²) in [4.78, 5) is 23.2. The molecule has 0 aliphatic rings. The number of halogens is 1. The highest BCUT2D eigenvalue weighted by atomic mass is 35.5. The topological polar surface area (TPSA) is 103 Å².